The average Bonchev–Trinajstić information content (AvgIpc) is 3.68. The van der Waals surface area contributed by atoms with Crippen LogP contribution in [0.15, 0.2) is 30.5 Å². The van der Waals surface area contributed by atoms with E-state index in [1.54, 1.807) is 20.0 Å². The van der Waals surface area contributed by atoms with Gasteiger partial charge in [-0.2, -0.15) is 0 Å². The molecule has 7 N–H and O–H groups in total. The number of hydrogen-bond donors (Lipinski definition) is 7. The Morgan fingerprint density at radius 3 is 2.41 bits per heavy atom. The number of ether oxygens (including phenoxy) is 1. The smallest absolute Gasteiger partial charge is 0.246 e. The molecular weight excluding hydrogens is 658 g/mol. The number of benzene rings is 1. The van der Waals surface area contributed by atoms with Gasteiger partial charge in [0, 0.05) is 43.0 Å². The van der Waals surface area contributed by atoms with Crippen molar-refractivity contribution in [3.05, 3.63) is 36.0 Å². The van der Waals surface area contributed by atoms with Gasteiger partial charge in [0.05, 0.1) is 12.2 Å². The van der Waals surface area contributed by atoms with E-state index in [4.69, 9.17) is 4.74 Å². The van der Waals surface area contributed by atoms with Crippen molar-refractivity contribution in [1.82, 2.24) is 36.5 Å². The third-order valence-electron chi connectivity index (χ3n) is 9.09. The third kappa shape index (κ3) is 11.0. The number of H-pyrrole nitrogens is 1. The van der Waals surface area contributed by atoms with Crippen molar-refractivity contribution >= 4 is 46.3 Å². The summed E-state index contributed by atoms with van der Waals surface area (Å²) in [6, 6.07) is 2.28. The number of hydrogen-bond acceptors (Lipinski definition) is 8. The summed E-state index contributed by atoms with van der Waals surface area (Å²) in [5.41, 5.74) is 1.59. The van der Waals surface area contributed by atoms with Gasteiger partial charge in [-0.1, -0.05) is 32.0 Å². The molecule has 1 aromatic carbocycles. The Balaban J connectivity index is 1.65. The minimum Gasteiger partial charge on any atom is -0.391 e. The molecule has 0 spiro atoms. The van der Waals surface area contributed by atoms with Crippen LogP contribution in [0.1, 0.15) is 72.3 Å². The van der Waals surface area contributed by atoms with Gasteiger partial charge in [-0.3, -0.25) is 28.8 Å². The highest BCUT2D eigenvalue weighted by Gasteiger charge is 2.42. The molecule has 51 heavy (non-hydrogen) atoms. The predicted molar refractivity (Wildman–Crippen MR) is 189 cm³/mol. The lowest BCUT2D eigenvalue weighted by Crippen LogP contribution is -2.59. The second-order valence-corrected chi connectivity index (χ2v) is 14.2. The average molecular weight is 712 g/mol. The molecule has 15 heteroatoms. The number of para-hydroxylation sites is 1. The summed E-state index contributed by atoms with van der Waals surface area (Å²) in [5, 5.41) is 25.2. The molecular formula is C36H53N7O8. The van der Waals surface area contributed by atoms with E-state index in [1.807, 2.05) is 38.1 Å². The predicted octanol–water partition coefficient (Wildman–Crippen LogP) is 0.403. The van der Waals surface area contributed by atoms with Crippen molar-refractivity contribution in [2.45, 2.75) is 116 Å². The van der Waals surface area contributed by atoms with Gasteiger partial charge in [-0.25, -0.2) is 0 Å². The zero-order chi connectivity index (χ0) is 37.2. The number of rotatable bonds is 8. The second kappa shape index (κ2) is 18.1. The van der Waals surface area contributed by atoms with E-state index < -0.39 is 71.8 Å². The van der Waals surface area contributed by atoms with Crippen LogP contribution in [0.3, 0.4) is 0 Å². The molecule has 0 saturated carbocycles. The van der Waals surface area contributed by atoms with Crippen LogP contribution in [-0.4, -0.2) is 113 Å². The second-order valence-electron chi connectivity index (χ2n) is 14.2. The van der Waals surface area contributed by atoms with Gasteiger partial charge in [-0.15, -0.1) is 0 Å². The van der Waals surface area contributed by atoms with Gasteiger partial charge in [0.25, 0.3) is 0 Å². The first kappa shape index (κ1) is 39.3. The van der Waals surface area contributed by atoms with Crippen LogP contribution < -0.4 is 26.6 Å². The Morgan fingerprint density at radius 1 is 0.961 bits per heavy atom. The zero-order valence-corrected chi connectivity index (χ0v) is 30.1. The number of nitrogens with zero attached hydrogens (tertiary/aromatic N) is 1. The Kier molecular flexibility index (Phi) is 14.0. The highest BCUT2D eigenvalue weighted by atomic mass is 16.5. The molecule has 2 saturated heterocycles. The third-order valence-corrected chi connectivity index (χ3v) is 9.09. The van der Waals surface area contributed by atoms with Crippen LogP contribution in [0.5, 0.6) is 0 Å². The molecule has 0 bridgehead atoms. The summed E-state index contributed by atoms with van der Waals surface area (Å²) < 4.78 is 5.38. The Bertz CT molecular complexity index is 1560. The Hall–Kier alpha value is -4.50. The van der Waals surface area contributed by atoms with E-state index in [1.165, 1.54) is 11.8 Å². The SMILES string of the molecule is CC(C)C[C@H]1NC(=O)[C@H](Cc2c[nH]c3ccccc23)NC(=O)[C@@H](C)NC(=O)[C@@H](NC(=O)COC(C)C)CCCCNC(=O)[C@@H]2C[C@@H](O)CN2C1=O. The quantitative estimate of drug-likeness (QED) is 0.203. The lowest BCUT2D eigenvalue weighted by atomic mass is 10.00. The van der Waals surface area contributed by atoms with E-state index >= 15 is 0 Å². The van der Waals surface area contributed by atoms with Gasteiger partial charge in [0.15, 0.2) is 0 Å². The van der Waals surface area contributed by atoms with Crippen molar-refractivity contribution in [2.24, 2.45) is 5.92 Å². The first-order chi connectivity index (χ1) is 24.2. The van der Waals surface area contributed by atoms with Crippen molar-refractivity contribution in [3.63, 3.8) is 0 Å². The molecule has 0 aliphatic carbocycles. The first-order valence-corrected chi connectivity index (χ1v) is 17.9. The molecule has 2 aliphatic heterocycles. The number of fused-ring (bicyclic) bond motifs is 2. The highest BCUT2D eigenvalue weighted by Crippen LogP contribution is 2.23. The monoisotopic (exact) mass is 711 g/mol. The van der Waals surface area contributed by atoms with E-state index in [0.717, 1.165) is 16.5 Å². The summed E-state index contributed by atoms with van der Waals surface area (Å²) in [4.78, 5) is 85.7. The van der Waals surface area contributed by atoms with E-state index in [0.29, 0.717) is 12.8 Å². The number of aliphatic hydroxyl groups is 1. The molecule has 4 rings (SSSR count). The summed E-state index contributed by atoms with van der Waals surface area (Å²) >= 11 is 0. The van der Waals surface area contributed by atoms with E-state index in [-0.39, 0.29) is 57.4 Å². The molecule has 2 aromatic rings. The maximum atomic E-state index is 14.1. The van der Waals surface area contributed by atoms with Gasteiger partial charge in [0.2, 0.25) is 35.4 Å². The zero-order valence-electron chi connectivity index (χ0n) is 30.1. The first-order valence-electron chi connectivity index (χ1n) is 17.9. The maximum Gasteiger partial charge on any atom is 0.246 e. The minimum absolute atomic E-state index is 0.0251. The maximum absolute atomic E-state index is 14.1. The number of carbonyl (C=O) groups excluding carboxylic acids is 6. The fourth-order valence-corrected chi connectivity index (χ4v) is 6.43. The number of aliphatic hydroxyl groups excluding tert-OH is 1. The van der Waals surface area contributed by atoms with Crippen LogP contribution in [0.25, 0.3) is 10.9 Å². The van der Waals surface area contributed by atoms with Crippen LogP contribution in [0.4, 0.5) is 0 Å². The molecule has 0 unspecified atom stereocenters. The molecule has 6 amide bonds. The van der Waals surface area contributed by atoms with E-state index in [9.17, 15) is 33.9 Å². The van der Waals surface area contributed by atoms with Gasteiger partial charge in [0.1, 0.15) is 36.8 Å². The number of carbonyl (C=O) groups is 6. The summed E-state index contributed by atoms with van der Waals surface area (Å²) in [7, 11) is 0. The number of aromatic amines is 1. The van der Waals surface area contributed by atoms with Crippen LogP contribution in [0, 0.1) is 5.92 Å². The normalized spacial score (nSPS) is 26.1. The molecule has 15 nitrogen and oxygen atoms in total. The van der Waals surface area contributed by atoms with Crippen LogP contribution in [-0.2, 0) is 39.9 Å². The van der Waals surface area contributed by atoms with Gasteiger partial charge in [-0.05, 0) is 64.0 Å². The Labute approximate surface area is 298 Å². The standard InChI is InChI=1S/C36H53N7O8/c1-20(2)14-29-36(50)43-18-24(44)16-30(43)35(49)37-13-9-8-12-27(40-31(45)19-51-21(3)4)33(47)39-22(5)32(46)41-28(34(48)42-29)15-23-17-38-26-11-7-6-10-25(23)26/h6-7,10-11,17,20-22,24,27-30,38,44H,8-9,12-16,18-19H2,1-5H3,(H,37,49)(H,39,47)(H,40,45)(H,41,46)(H,42,48)/t22-,24-,27+,28+,29-,30+/m1/s1. The molecule has 1 aromatic heterocycles. The summed E-state index contributed by atoms with van der Waals surface area (Å²) in [6.07, 6.45) is 2.09. The van der Waals surface area contributed by atoms with Crippen LogP contribution >= 0.6 is 0 Å². The fourth-order valence-electron chi connectivity index (χ4n) is 6.43. The minimum atomic E-state index is -1.16. The molecule has 280 valence electrons. The van der Waals surface area contributed by atoms with Crippen molar-refractivity contribution in [1.29, 1.82) is 0 Å². The summed E-state index contributed by atoms with van der Waals surface area (Å²) in [6.45, 7) is 8.76. The molecule has 2 fully saturated rings. The molecule has 6 atom stereocenters. The highest BCUT2D eigenvalue weighted by molar-refractivity contribution is 5.97. The van der Waals surface area contributed by atoms with Gasteiger partial charge < -0.3 is 46.3 Å². The molecule has 3 heterocycles. The number of aromatic nitrogens is 1. The largest absolute Gasteiger partial charge is 0.391 e. The number of amides is 6. The van der Waals surface area contributed by atoms with Gasteiger partial charge >= 0.3 is 0 Å². The molecule has 2 aliphatic rings. The topological polar surface area (TPSA) is 211 Å². The molecule has 0 radical (unpaired) electrons. The van der Waals surface area contributed by atoms with Crippen molar-refractivity contribution < 1.29 is 38.6 Å². The Morgan fingerprint density at radius 2 is 1.69 bits per heavy atom. The van der Waals surface area contributed by atoms with E-state index in [2.05, 4.69) is 31.6 Å². The summed E-state index contributed by atoms with van der Waals surface area (Å²) in [5.74, 6) is -3.30. The lowest BCUT2D eigenvalue weighted by molar-refractivity contribution is -0.142. The lowest BCUT2D eigenvalue weighted by Gasteiger charge is -2.30. The number of nitrogens with one attached hydrogen (secondary N) is 6. The van der Waals surface area contributed by atoms with Crippen molar-refractivity contribution in [3.8, 4) is 0 Å². The fraction of sp³-hybridized carbons (Fsp3) is 0.611. The van der Waals surface area contributed by atoms with Crippen molar-refractivity contribution in [2.75, 3.05) is 19.7 Å². The van der Waals surface area contributed by atoms with Crippen LogP contribution in [0.2, 0.25) is 0 Å².